The van der Waals surface area contributed by atoms with Crippen molar-refractivity contribution in [3.63, 3.8) is 0 Å². The molecule has 0 N–H and O–H groups in total. The van der Waals surface area contributed by atoms with Gasteiger partial charge in [-0.15, -0.1) is 12.4 Å². The van der Waals surface area contributed by atoms with E-state index < -0.39 is 10.0 Å². The van der Waals surface area contributed by atoms with Crippen molar-refractivity contribution >= 4 is 55.0 Å². The molecule has 0 spiro atoms. The fourth-order valence-electron chi connectivity index (χ4n) is 4.40. The van der Waals surface area contributed by atoms with Crippen molar-refractivity contribution in [2.24, 2.45) is 0 Å². The Bertz CT molecular complexity index is 1320. The number of halogens is 1. The number of ether oxygens (including phenoxy) is 1. The van der Waals surface area contributed by atoms with Crippen LogP contribution in [0.5, 0.6) is 0 Å². The first-order valence-corrected chi connectivity index (χ1v) is 15.0. The predicted octanol–water partition coefficient (Wildman–Crippen LogP) is 4.68. The highest BCUT2D eigenvalue weighted by molar-refractivity contribution is 7.89. The van der Waals surface area contributed by atoms with E-state index in [-0.39, 0.29) is 29.3 Å². The maximum atomic E-state index is 13.6. The minimum Gasteiger partial charge on any atom is -0.377 e. The predicted molar refractivity (Wildman–Crippen MR) is 156 cm³/mol. The van der Waals surface area contributed by atoms with Crippen LogP contribution in [-0.2, 0) is 21.2 Å². The molecule has 1 amide bonds. The van der Waals surface area contributed by atoms with E-state index in [2.05, 4.69) is 24.0 Å². The number of likely N-dealkylation sites (N-methyl/N-ethyl adjacent to an activating group) is 1. The number of amides is 1. The summed E-state index contributed by atoms with van der Waals surface area (Å²) in [5.41, 5.74) is 2.53. The molecule has 11 heteroatoms. The quantitative estimate of drug-likeness (QED) is 0.327. The van der Waals surface area contributed by atoms with Crippen molar-refractivity contribution in [2.45, 2.75) is 43.6 Å². The third-order valence-electron chi connectivity index (χ3n) is 6.61. The second-order valence-corrected chi connectivity index (χ2v) is 12.8. The van der Waals surface area contributed by atoms with Crippen LogP contribution in [0.2, 0.25) is 0 Å². The van der Waals surface area contributed by atoms with Crippen LogP contribution in [0.1, 0.15) is 42.1 Å². The van der Waals surface area contributed by atoms with Gasteiger partial charge >= 0.3 is 0 Å². The van der Waals surface area contributed by atoms with E-state index in [0.717, 1.165) is 42.4 Å². The van der Waals surface area contributed by atoms with Gasteiger partial charge in [0.1, 0.15) is 0 Å². The summed E-state index contributed by atoms with van der Waals surface area (Å²) in [4.78, 5) is 22.4. The van der Waals surface area contributed by atoms with E-state index in [1.54, 1.807) is 24.1 Å². The molecule has 1 fully saturated rings. The lowest BCUT2D eigenvalue weighted by molar-refractivity contribution is 0.0978. The summed E-state index contributed by atoms with van der Waals surface area (Å²) in [6, 6.07) is 12.4. The Morgan fingerprint density at radius 2 is 1.84 bits per heavy atom. The van der Waals surface area contributed by atoms with Crippen LogP contribution in [0.4, 0.5) is 5.13 Å². The van der Waals surface area contributed by atoms with Crippen molar-refractivity contribution in [1.82, 2.24) is 14.2 Å². The third kappa shape index (κ3) is 7.11. The molecule has 208 valence electrons. The maximum absolute atomic E-state index is 13.6. The van der Waals surface area contributed by atoms with Gasteiger partial charge in [0.2, 0.25) is 10.0 Å². The largest absolute Gasteiger partial charge is 0.377 e. The maximum Gasteiger partial charge on any atom is 0.260 e. The van der Waals surface area contributed by atoms with E-state index in [1.165, 1.54) is 33.3 Å². The molecular weight excluding hydrogens is 544 g/mol. The van der Waals surface area contributed by atoms with Gasteiger partial charge in [0.15, 0.2) is 5.13 Å². The average Bonchev–Trinajstić information content (AvgIpc) is 3.55. The molecule has 1 atom stereocenters. The zero-order chi connectivity index (χ0) is 26.6. The summed E-state index contributed by atoms with van der Waals surface area (Å²) in [6.07, 6.45) is 3.47. The zero-order valence-corrected chi connectivity index (χ0v) is 24.9. The number of thiazole rings is 1. The first-order chi connectivity index (χ1) is 17.7. The Balaban J connectivity index is 0.00000400. The number of nitrogens with zero attached hydrogens (tertiary/aromatic N) is 4. The Kier molecular flexibility index (Phi) is 10.7. The van der Waals surface area contributed by atoms with Gasteiger partial charge in [0.05, 0.1) is 21.2 Å². The molecule has 1 aliphatic rings. The molecule has 2 heterocycles. The lowest BCUT2D eigenvalue weighted by Crippen LogP contribution is -2.34. The number of benzene rings is 2. The highest BCUT2D eigenvalue weighted by atomic mass is 35.5. The van der Waals surface area contributed by atoms with Crippen LogP contribution in [0.3, 0.4) is 0 Å². The number of fused-ring (bicyclic) bond motifs is 1. The molecule has 1 aromatic heterocycles. The van der Waals surface area contributed by atoms with Crippen LogP contribution in [-0.4, -0.2) is 82.0 Å². The van der Waals surface area contributed by atoms with E-state index in [0.29, 0.717) is 30.4 Å². The molecular formula is C27H37ClN4O4S2. The molecule has 0 bridgehead atoms. The number of aromatic nitrogens is 1. The van der Waals surface area contributed by atoms with Crippen molar-refractivity contribution in [3.8, 4) is 0 Å². The first-order valence-electron chi connectivity index (χ1n) is 12.7. The highest BCUT2D eigenvalue weighted by Crippen LogP contribution is 2.31. The van der Waals surface area contributed by atoms with Crippen molar-refractivity contribution < 1.29 is 17.9 Å². The second kappa shape index (κ2) is 13.3. The lowest BCUT2D eigenvalue weighted by Gasteiger charge is -2.22. The van der Waals surface area contributed by atoms with Gasteiger partial charge < -0.3 is 9.64 Å². The SMILES string of the molecule is CCc1ccc2nc(N(CCCN(C)C)C(=O)c3ccc(S(=O)(=O)N(C)CC4CCCO4)cc3)sc2c1.Cl. The zero-order valence-electron chi connectivity index (χ0n) is 22.4. The Labute approximate surface area is 236 Å². The van der Waals surface area contributed by atoms with Crippen molar-refractivity contribution in [3.05, 3.63) is 53.6 Å². The fraction of sp³-hybridized carbons (Fsp3) is 0.481. The second-order valence-electron chi connectivity index (χ2n) is 9.71. The van der Waals surface area contributed by atoms with Gasteiger partial charge in [-0.05, 0) is 88.3 Å². The summed E-state index contributed by atoms with van der Waals surface area (Å²) in [5.74, 6) is -0.190. The van der Waals surface area contributed by atoms with Gasteiger partial charge in [-0.1, -0.05) is 24.3 Å². The molecule has 2 aromatic carbocycles. The van der Waals surface area contributed by atoms with Gasteiger partial charge in [-0.25, -0.2) is 13.4 Å². The Hall–Kier alpha value is -2.08. The van der Waals surface area contributed by atoms with Crippen LogP contribution < -0.4 is 4.90 Å². The van der Waals surface area contributed by atoms with Gasteiger partial charge in [-0.2, -0.15) is 4.31 Å². The smallest absolute Gasteiger partial charge is 0.260 e. The monoisotopic (exact) mass is 580 g/mol. The molecule has 0 aliphatic carbocycles. The molecule has 0 saturated carbocycles. The number of sulfonamides is 1. The van der Waals surface area contributed by atoms with E-state index >= 15 is 0 Å². The molecule has 1 unspecified atom stereocenters. The molecule has 3 aromatic rings. The minimum atomic E-state index is -3.68. The summed E-state index contributed by atoms with van der Waals surface area (Å²) in [6.45, 7) is 4.46. The highest BCUT2D eigenvalue weighted by Gasteiger charge is 2.27. The molecule has 1 aliphatic heterocycles. The number of hydrogen-bond acceptors (Lipinski definition) is 7. The topological polar surface area (TPSA) is 83.1 Å². The van der Waals surface area contributed by atoms with Crippen molar-refractivity contribution in [1.29, 1.82) is 0 Å². The number of rotatable bonds is 11. The first kappa shape index (κ1) is 30.5. The third-order valence-corrected chi connectivity index (χ3v) is 9.49. The van der Waals surface area contributed by atoms with Gasteiger partial charge in [-0.3, -0.25) is 9.69 Å². The number of aryl methyl sites for hydroxylation is 1. The van der Waals surface area contributed by atoms with Crippen LogP contribution in [0.15, 0.2) is 47.4 Å². The summed E-state index contributed by atoms with van der Waals surface area (Å²) >= 11 is 1.51. The van der Waals surface area contributed by atoms with E-state index in [1.807, 2.05) is 20.2 Å². The minimum absolute atomic E-state index is 0. The summed E-state index contributed by atoms with van der Waals surface area (Å²) < 4.78 is 34.1. The molecule has 38 heavy (non-hydrogen) atoms. The molecule has 1 saturated heterocycles. The van der Waals surface area contributed by atoms with E-state index in [9.17, 15) is 13.2 Å². The summed E-state index contributed by atoms with van der Waals surface area (Å²) in [5, 5.41) is 0.653. The Morgan fingerprint density at radius 1 is 1.11 bits per heavy atom. The number of carbonyl (C=O) groups excluding carboxylic acids is 1. The Morgan fingerprint density at radius 3 is 2.47 bits per heavy atom. The molecule has 0 radical (unpaired) electrons. The van der Waals surface area contributed by atoms with Crippen molar-refractivity contribution in [2.75, 3.05) is 52.3 Å². The number of anilines is 1. The molecule has 4 rings (SSSR count). The van der Waals surface area contributed by atoms with Crippen LogP contribution in [0, 0.1) is 0 Å². The van der Waals surface area contributed by atoms with Gasteiger partial charge in [0, 0.05) is 32.3 Å². The average molecular weight is 581 g/mol. The normalized spacial score (nSPS) is 15.8. The standard InChI is InChI=1S/C27H36N4O4S2.ClH/c1-5-20-9-14-24-25(18-20)36-27(28-24)31(16-7-15-29(2)3)26(32)21-10-12-23(13-11-21)37(33,34)30(4)19-22-8-6-17-35-22;/h9-14,18,22H,5-8,15-17,19H2,1-4H3;1H. The lowest BCUT2D eigenvalue weighted by atomic mass is 10.2. The number of hydrogen-bond donors (Lipinski definition) is 0. The van der Waals surface area contributed by atoms with E-state index in [4.69, 9.17) is 9.72 Å². The fourth-order valence-corrected chi connectivity index (χ4v) is 6.66. The van der Waals surface area contributed by atoms with Gasteiger partial charge in [0.25, 0.3) is 5.91 Å². The number of carbonyl (C=O) groups is 1. The van der Waals surface area contributed by atoms with Crippen LogP contribution >= 0.6 is 23.7 Å². The molecule has 8 nitrogen and oxygen atoms in total. The summed E-state index contributed by atoms with van der Waals surface area (Å²) in [7, 11) is 1.90. The van der Waals surface area contributed by atoms with Crippen LogP contribution in [0.25, 0.3) is 10.2 Å².